The second kappa shape index (κ2) is 8.37. The highest BCUT2D eigenvalue weighted by atomic mass is 35.5. The van der Waals surface area contributed by atoms with E-state index in [0.29, 0.717) is 28.7 Å². The number of hydrogen-bond donors (Lipinski definition) is 2. The number of halogens is 3. The van der Waals surface area contributed by atoms with Crippen LogP contribution in [0.1, 0.15) is 19.8 Å². The number of benzene rings is 1. The molecule has 3 N–H and O–H groups in total. The fraction of sp³-hybridized carbons (Fsp3) is 0.533. The molecule has 124 valence electrons. The van der Waals surface area contributed by atoms with E-state index in [1.807, 2.05) is 0 Å². The summed E-state index contributed by atoms with van der Waals surface area (Å²) in [5.41, 5.74) is 6.45. The number of para-hydroxylation sites is 1. The van der Waals surface area contributed by atoms with E-state index < -0.39 is 0 Å². The van der Waals surface area contributed by atoms with Crippen molar-refractivity contribution in [3.63, 3.8) is 0 Å². The van der Waals surface area contributed by atoms with Crippen molar-refractivity contribution in [2.45, 2.75) is 19.8 Å². The van der Waals surface area contributed by atoms with E-state index in [2.05, 4.69) is 17.1 Å². The molecule has 0 aromatic heterocycles. The van der Waals surface area contributed by atoms with Gasteiger partial charge in [0.1, 0.15) is 0 Å². The SMILES string of the molecule is CC1(CN)CCN(CCC(=O)Nc2c(Cl)cccc2Cl)C1.Cl. The van der Waals surface area contributed by atoms with Crippen molar-refractivity contribution in [2.24, 2.45) is 11.1 Å². The van der Waals surface area contributed by atoms with Gasteiger partial charge in [-0.1, -0.05) is 36.2 Å². The molecule has 4 nitrogen and oxygen atoms in total. The van der Waals surface area contributed by atoms with Gasteiger partial charge in [-0.25, -0.2) is 0 Å². The topological polar surface area (TPSA) is 58.4 Å². The van der Waals surface area contributed by atoms with E-state index in [1.165, 1.54) is 0 Å². The first kappa shape index (κ1) is 19.5. The molecule has 1 aromatic carbocycles. The second-order valence-electron chi connectivity index (χ2n) is 5.94. The number of carbonyl (C=O) groups excluding carboxylic acids is 1. The van der Waals surface area contributed by atoms with Crippen LogP contribution in [-0.2, 0) is 4.79 Å². The van der Waals surface area contributed by atoms with Crippen molar-refractivity contribution in [3.8, 4) is 0 Å². The maximum Gasteiger partial charge on any atom is 0.225 e. The normalized spacial score (nSPS) is 21.5. The molecular formula is C15H22Cl3N3O. The van der Waals surface area contributed by atoms with Crippen LogP contribution in [0.4, 0.5) is 5.69 Å². The van der Waals surface area contributed by atoms with E-state index in [1.54, 1.807) is 18.2 Å². The van der Waals surface area contributed by atoms with E-state index in [0.717, 1.165) is 26.1 Å². The molecule has 1 heterocycles. The summed E-state index contributed by atoms with van der Waals surface area (Å²) < 4.78 is 0. The van der Waals surface area contributed by atoms with Crippen LogP contribution in [0, 0.1) is 5.41 Å². The Labute approximate surface area is 147 Å². The molecule has 1 unspecified atom stereocenters. The Morgan fingerprint density at radius 3 is 2.59 bits per heavy atom. The molecule has 1 fully saturated rings. The number of likely N-dealkylation sites (tertiary alicyclic amines) is 1. The fourth-order valence-corrected chi connectivity index (χ4v) is 3.05. The smallest absolute Gasteiger partial charge is 0.225 e. The van der Waals surface area contributed by atoms with Crippen LogP contribution in [-0.4, -0.2) is 37.0 Å². The standard InChI is InChI=1S/C15H21Cl2N3O.ClH/c1-15(9-18)6-8-20(10-15)7-5-13(21)19-14-11(16)3-2-4-12(14)17;/h2-4H,5-10,18H2,1H3,(H,19,21);1H. The number of amides is 1. The molecule has 0 spiro atoms. The molecule has 1 atom stereocenters. The molecule has 0 aliphatic carbocycles. The number of nitrogens with two attached hydrogens (primary N) is 1. The van der Waals surface area contributed by atoms with E-state index in [4.69, 9.17) is 28.9 Å². The Hall–Kier alpha value is -0.520. The average molecular weight is 367 g/mol. The molecule has 1 aliphatic heterocycles. The number of rotatable bonds is 5. The van der Waals surface area contributed by atoms with Crippen LogP contribution in [0.25, 0.3) is 0 Å². The molecule has 1 amide bonds. The van der Waals surface area contributed by atoms with Gasteiger partial charge in [0.05, 0.1) is 15.7 Å². The zero-order valence-electron chi connectivity index (χ0n) is 12.6. The van der Waals surface area contributed by atoms with Crippen LogP contribution in [0.3, 0.4) is 0 Å². The molecule has 1 aliphatic rings. The van der Waals surface area contributed by atoms with E-state index in [-0.39, 0.29) is 23.7 Å². The van der Waals surface area contributed by atoms with Gasteiger partial charge in [-0.3, -0.25) is 4.79 Å². The average Bonchev–Trinajstić information content (AvgIpc) is 2.83. The first-order chi connectivity index (χ1) is 9.93. The Kier molecular flexibility index (Phi) is 7.42. The molecule has 1 saturated heterocycles. The van der Waals surface area contributed by atoms with Crippen molar-refractivity contribution in [3.05, 3.63) is 28.2 Å². The van der Waals surface area contributed by atoms with Gasteiger partial charge < -0.3 is 16.0 Å². The third kappa shape index (κ3) is 5.00. The summed E-state index contributed by atoms with van der Waals surface area (Å²) in [6.07, 6.45) is 1.50. The minimum absolute atomic E-state index is 0. The van der Waals surface area contributed by atoms with Crippen molar-refractivity contribution < 1.29 is 4.79 Å². The van der Waals surface area contributed by atoms with Crippen LogP contribution in [0.5, 0.6) is 0 Å². The Morgan fingerprint density at radius 1 is 1.41 bits per heavy atom. The second-order valence-corrected chi connectivity index (χ2v) is 6.75. The lowest BCUT2D eigenvalue weighted by Gasteiger charge is -2.22. The summed E-state index contributed by atoms with van der Waals surface area (Å²) in [6, 6.07) is 5.16. The minimum atomic E-state index is -0.0775. The van der Waals surface area contributed by atoms with Crippen LogP contribution >= 0.6 is 35.6 Å². The molecule has 0 saturated carbocycles. The third-order valence-electron chi connectivity index (χ3n) is 4.01. The molecule has 0 bridgehead atoms. The lowest BCUT2D eigenvalue weighted by atomic mass is 9.90. The lowest BCUT2D eigenvalue weighted by molar-refractivity contribution is -0.116. The summed E-state index contributed by atoms with van der Waals surface area (Å²) in [5, 5.41) is 3.69. The van der Waals surface area contributed by atoms with Crippen molar-refractivity contribution in [2.75, 3.05) is 31.5 Å². The molecule has 1 aromatic rings. The van der Waals surface area contributed by atoms with Crippen LogP contribution in [0.2, 0.25) is 10.0 Å². The predicted octanol–water partition coefficient (Wildman–Crippen LogP) is 3.41. The maximum absolute atomic E-state index is 12.0. The number of nitrogens with zero attached hydrogens (tertiary/aromatic N) is 1. The highest BCUT2D eigenvalue weighted by Crippen LogP contribution is 2.30. The van der Waals surface area contributed by atoms with Gasteiger partial charge in [-0.15, -0.1) is 12.4 Å². The summed E-state index contributed by atoms with van der Waals surface area (Å²) in [4.78, 5) is 14.3. The van der Waals surface area contributed by atoms with Gasteiger partial charge in [0.15, 0.2) is 0 Å². The quantitative estimate of drug-likeness (QED) is 0.839. The van der Waals surface area contributed by atoms with Gasteiger partial charge in [-0.2, -0.15) is 0 Å². The van der Waals surface area contributed by atoms with Crippen LogP contribution < -0.4 is 11.1 Å². The zero-order valence-corrected chi connectivity index (χ0v) is 14.9. The third-order valence-corrected chi connectivity index (χ3v) is 4.64. The van der Waals surface area contributed by atoms with E-state index >= 15 is 0 Å². The number of anilines is 1. The summed E-state index contributed by atoms with van der Waals surface area (Å²) in [6.45, 7) is 5.54. The summed E-state index contributed by atoms with van der Waals surface area (Å²) in [5.74, 6) is -0.0775. The maximum atomic E-state index is 12.0. The Morgan fingerprint density at radius 2 is 2.05 bits per heavy atom. The fourth-order valence-electron chi connectivity index (χ4n) is 2.56. The molecule has 0 radical (unpaired) electrons. The first-order valence-electron chi connectivity index (χ1n) is 7.10. The molecular weight excluding hydrogens is 345 g/mol. The van der Waals surface area contributed by atoms with Gasteiger partial charge in [0.25, 0.3) is 0 Å². The van der Waals surface area contributed by atoms with Crippen molar-refractivity contribution in [1.82, 2.24) is 4.90 Å². The largest absolute Gasteiger partial charge is 0.330 e. The Bertz CT molecular complexity index is 507. The number of hydrogen-bond acceptors (Lipinski definition) is 3. The monoisotopic (exact) mass is 365 g/mol. The summed E-state index contributed by atoms with van der Waals surface area (Å²) >= 11 is 12.1. The van der Waals surface area contributed by atoms with Gasteiger partial charge in [0.2, 0.25) is 5.91 Å². The molecule has 7 heteroatoms. The Balaban J connectivity index is 0.00000242. The van der Waals surface area contributed by atoms with Crippen LogP contribution in [0.15, 0.2) is 18.2 Å². The highest BCUT2D eigenvalue weighted by molar-refractivity contribution is 6.39. The summed E-state index contributed by atoms with van der Waals surface area (Å²) in [7, 11) is 0. The van der Waals surface area contributed by atoms with Gasteiger partial charge >= 0.3 is 0 Å². The van der Waals surface area contributed by atoms with Crippen molar-refractivity contribution >= 4 is 47.2 Å². The lowest BCUT2D eigenvalue weighted by Crippen LogP contribution is -2.32. The zero-order chi connectivity index (χ0) is 15.5. The predicted molar refractivity (Wildman–Crippen MR) is 95.2 cm³/mol. The molecule has 22 heavy (non-hydrogen) atoms. The van der Waals surface area contributed by atoms with Crippen molar-refractivity contribution in [1.29, 1.82) is 0 Å². The van der Waals surface area contributed by atoms with E-state index in [9.17, 15) is 4.79 Å². The molecule has 2 rings (SSSR count). The van der Waals surface area contributed by atoms with Gasteiger partial charge in [-0.05, 0) is 37.1 Å². The first-order valence-corrected chi connectivity index (χ1v) is 7.85. The highest BCUT2D eigenvalue weighted by Gasteiger charge is 2.32. The minimum Gasteiger partial charge on any atom is -0.330 e. The number of nitrogens with one attached hydrogen (secondary N) is 1. The number of carbonyl (C=O) groups is 1. The van der Waals surface area contributed by atoms with Gasteiger partial charge in [0, 0.05) is 19.5 Å².